The van der Waals surface area contributed by atoms with Gasteiger partial charge in [0.1, 0.15) is 11.6 Å². The van der Waals surface area contributed by atoms with Crippen molar-refractivity contribution in [3.8, 4) is 17.2 Å². The molecule has 2 aromatic carbocycles. The van der Waals surface area contributed by atoms with E-state index in [2.05, 4.69) is 5.32 Å². The van der Waals surface area contributed by atoms with Crippen LogP contribution in [0.5, 0.6) is 17.2 Å². The molecule has 3 rings (SSSR count). The summed E-state index contributed by atoms with van der Waals surface area (Å²) in [6.07, 6.45) is 0. The second-order valence-corrected chi connectivity index (χ2v) is 9.86. The molecule has 38 heavy (non-hydrogen) atoms. The molecule has 0 saturated heterocycles. The van der Waals surface area contributed by atoms with Gasteiger partial charge < -0.3 is 29.5 Å². The Morgan fingerprint density at radius 3 is 2.26 bits per heavy atom. The Labute approximate surface area is 222 Å². The SMILES string of the molecule is CCOc1cc2c(cc1C(=O)NC)C(=N)N(CC(=O)c1cc(OCC)c(OCC(=O)O)c(C(C)(C)C)c1)C2. The minimum absolute atomic E-state index is 0.0722. The number of ketones is 1. The topological polar surface area (TPSA) is 138 Å². The molecule has 204 valence electrons. The van der Waals surface area contributed by atoms with Crippen molar-refractivity contribution in [1.29, 1.82) is 5.41 Å². The number of benzene rings is 2. The van der Waals surface area contributed by atoms with Crippen LogP contribution < -0.4 is 19.5 Å². The highest BCUT2D eigenvalue weighted by Crippen LogP contribution is 2.40. The highest BCUT2D eigenvalue weighted by Gasteiger charge is 2.31. The molecule has 0 unspecified atom stereocenters. The Hall–Kier alpha value is -4.08. The van der Waals surface area contributed by atoms with Gasteiger partial charge in [0, 0.05) is 30.3 Å². The smallest absolute Gasteiger partial charge is 0.341 e. The molecule has 0 saturated carbocycles. The van der Waals surface area contributed by atoms with Crippen LogP contribution in [0.15, 0.2) is 24.3 Å². The van der Waals surface area contributed by atoms with E-state index in [1.54, 1.807) is 36.1 Å². The third-order valence-corrected chi connectivity index (χ3v) is 6.07. The fraction of sp³-hybridized carbons (Fsp3) is 0.429. The maximum absolute atomic E-state index is 13.5. The number of hydrogen-bond acceptors (Lipinski definition) is 7. The Kier molecular flexibility index (Phi) is 8.65. The molecule has 1 amide bonds. The fourth-order valence-corrected chi connectivity index (χ4v) is 4.28. The number of rotatable bonds is 11. The summed E-state index contributed by atoms with van der Waals surface area (Å²) in [5, 5.41) is 20.4. The van der Waals surface area contributed by atoms with Crippen LogP contribution in [0.25, 0.3) is 0 Å². The van der Waals surface area contributed by atoms with Crippen LogP contribution in [-0.2, 0) is 16.8 Å². The van der Waals surface area contributed by atoms with Crippen molar-refractivity contribution in [2.24, 2.45) is 0 Å². The molecule has 1 heterocycles. The Bertz CT molecular complexity index is 1260. The Morgan fingerprint density at radius 2 is 1.68 bits per heavy atom. The van der Waals surface area contributed by atoms with Gasteiger partial charge in [0.25, 0.3) is 5.91 Å². The minimum Gasteiger partial charge on any atom is -0.493 e. The standard InChI is InChI=1S/C28H35N3O7/c1-7-36-22-11-17-13-31(26(29)18(17)12-19(22)27(35)30-6)14-21(32)16-9-20(28(3,4)5)25(38-15-24(33)34)23(10-16)37-8-2/h9-12,29H,7-8,13-15H2,1-6H3,(H,30,35)(H,33,34). The van der Waals surface area contributed by atoms with Crippen LogP contribution in [0.3, 0.4) is 0 Å². The number of carbonyl (C=O) groups is 3. The number of carboxylic acids is 1. The van der Waals surface area contributed by atoms with Crippen LogP contribution in [0.2, 0.25) is 0 Å². The first-order valence-electron chi connectivity index (χ1n) is 12.5. The zero-order valence-corrected chi connectivity index (χ0v) is 22.7. The number of hydrogen-bond donors (Lipinski definition) is 3. The summed E-state index contributed by atoms with van der Waals surface area (Å²) in [5.41, 5.74) is 2.23. The van der Waals surface area contributed by atoms with E-state index in [1.807, 2.05) is 27.7 Å². The fourth-order valence-electron chi connectivity index (χ4n) is 4.28. The molecule has 1 aliphatic rings. The third kappa shape index (κ3) is 6.07. The molecule has 10 heteroatoms. The van der Waals surface area contributed by atoms with Crippen molar-refractivity contribution in [3.63, 3.8) is 0 Å². The molecule has 0 radical (unpaired) electrons. The van der Waals surface area contributed by atoms with Crippen molar-refractivity contribution in [2.75, 3.05) is 33.4 Å². The summed E-state index contributed by atoms with van der Waals surface area (Å²) in [4.78, 5) is 38.7. The first kappa shape index (κ1) is 28.5. The van der Waals surface area contributed by atoms with Crippen LogP contribution in [0.4, 0.5) is 0 Å². The third-order valence-electron chi connectivity index (χ3n) is 6.07. The van der Waals surface area contributed by atoms with Crippen LogP contribution in [0, 0.1) is 5.41 Å². The van der Waals surface area contributed by atoms with Crippen LogP contribution >= 0.6 is 0 Å². The van der Waals surface area contributed by atoms with Crippen molar-refractivity contribution in [3.05, 3.63) is 52.1 Å². The summed E-state index contributed by atoms with van der Waals surface area (Å²) in [6, 6.07) is 6.64. The van der Waals surface area contributed by atoms with E-state index in [0.717, 1.165) is 5.56 Å². The van der Waals surface area contributed by atoms with Crippen LogP contribution in [-0.4, -0.2) is 66.9 Å². The van der Waals surface area contributed by atoms with E-state index < -0.39 is 18.0 Å². The van der Waals surface area contributed by atoms with Crippen molar-refractivity contribution >= 4 is 23.5 Å². The summed E-state index contributed by atoms with van der Waals surface area (Å²) in [6.45, 7) is 9.81. The summed E-state index contributed by atoms with van der Waals surface area (Å²) in [5.74, 6) is -0.515. The second-order valence-electron chi connectivity index (χ2n) is 9.86. The molecule has 3 N–H and O–H groups in total. The predicted molar refractivity (Wildman–Crippen MR) is 142 cm³/mol. The molecule has 2 aromatic rings. The lowest BCUT2D eigenvalue weighted by Gasteiger charge is -2.26. The minimum atomic E-state index is -1.12. The number of nitrogens with zero attached hydrogens (tertiary/aromatic N) is 1. The van der Waals surface area contributed by atoms with E-state index in [9.17, 15) is 14.4 Å². The van der Waals surface area contributed by atoms with E-state index in [-0.39, 0.29) is 24.1 Å². The van der Waals surface area contributed by atoms with Gasteiger partial charge in [-0.15, -0.1) is 0 Å². The summed E-state index contributed by atoms with van der Waals surface area (Å²) in [7, 11) is 1.53. The largest absolute Gasteiger partial charge is 0.493 e. The van der Waals surface area contributed by atoms with Gasteiger partial charge >= 0.3 is 5.97 Å². The highest BCUT2D eigenvalue weighted by atomic mass is 16.5. The lowest BCUT2D eigenvalue weighted by atomic mass is 9.84. The van der Waals surface area contributed by atoms with Gasteiger partial charge in [-0.2, -0.15) is 0 Å². The number of ether oxygens (including phenoxy) is 3. The lowest BCUT2D eigenvalue weighted by molar-refractivity contribution is -0.139. The van der Waals surface area contributed by atoms with Gasteiger partial charge in [-0.05, 0) is 49.1 Å². The molecule has 0 aromatic heterocycles. The maximum atomic E-state index is 13.5. The van der Waals surface area contributed by atoms with E-state index in [0.29, 0.717) is 59.3 Å². The first-order valence-corrected chi connectivity index (χ1v) is 12.5. The van der Waals surface area contributed by atoms with E-state index in [1.165, 1.54) is 7.05 Å². The van der Waals surface area contributed by atoms with Gasteiger partial charge in [-0.25, -0.2) is 4.79 Å². The van der Waals surface area contributed by atoms with Gasteiger partial charge in [0.2, 0.25) is 0 Å². The zero-order valence-electron chi connectivity index (χ0n) is 22.7. The number of nitrogens with one attached hydrogen (secondary N) is 2. The highest BCUT2D eigenvalue weighted by molar-refractivity contribution is 6.07. The number of fused-ring (bicyclic) bond motifs is 1. The molecular formula is C28H35N3O7. The normalized spacial score (nSPS) is 12.7. The van der Waals surface area contributed by atoms with Crippen LogP contribution in [0.1, 0.15) is 72.0 Å². The molecule has 1 aliphatic heterocycles. The quantitative estimate of drug-likeness (QED) is 0.378. The number of amidine groups is 1. The number of aliphatic carboxylic acids is 1. The summed E-state index contributed by atoms with van der Waals surface area (Å²) >= 11 is 0. The average Bonchev–Trinajstić information content (AvgIpc) is 3.15. The average molecular weight is 526 g/mol. The first-order chi connectivity index (χ1) is 17.9. The summed E-state index contributed by atoms with van der Waals surface area (Å²) < 4.78 is 17.0. The van der Waals surface area contributed by atoms with Gasteiger partial charge in [-0.1, -0.05) is 20.8 Å². The number of Topliss-reactive ketones (excluding diaryl/α,β-unsaturated/α-hetero) is 1. The molecule has 0 bridgehead atoms. The molecule has 0 aliphatic carbocycles. The molecule has 10 nitrogen and oxygen atoms in total. The van der Waals surface area contributed by atoms with Gasteiger partial charge in [0.15, 0.2) is 23.9 Å². The number of carboxylic acid groups (broad SMARTS) is 1. The van der Waals surface area contributed by atoms with Gasteiger partial charge in [-0.3, -0.25) is 15.0 Å². The molecular weight excluding hydrogens is 490 g/mol. The Balaban J connectivity index is 1.94. The maximum Gasteiger partial charge on any atom is 0.341 e. The van der Waals surface area contributed by atoms with Crippen molar-refractivity contribution in [1.82, 2.24) is 10.2 Å². The number of carbonyl (C=O) groups excluding carboxylic acids is 2. The molecule has 0 atom stereocenters. The van der Waals surface area contributed by atoms with Gasteiger partial charge in [0.05, 0.1) is 25.3 Å². The second kappa shape index (κ2) is 11.5. The van der Waals surface area contributed by atoms with Crippen molar-refractivity contribution < 1.29 is 33.7 Å². The number of amides is 1. The lowest BCUT2D eigenvalue weighted by Crippen LogP contribution is -2.30. The monoisotopic (exact) mass is 525 g/mol. The Morgan fingerprint density at radius 1 is 1.03 bits per heavy atom. The zero-order chi connectivity index (χ0) is 28.2. The van der Waals surface area contributed by atoms with Crippen molar-refractivity contribution in [2.45, 2.75) is 46.6 Å². The van der Waals surface area contributed by atoms with E-state index in [4.69, 9.17) is 24.7 Å². The van der Waals surface area contributed by atoms with E-state index >= 15 is 0 Å². The molecule has 0 fully saturated rings. The molecule has 0 spiro atoms. The predicted octanol–water partition coefficient (Wildman–Crippen LogP) is 3.63.